The molecule has 0 bridgehead atoms. The van der Waals surface area contributed by atoms with Gasteiger partial charge in [-0.3, -0.25) is 0 Å². The Morgan fingerprint density at radius 3 is 1.82 bits per heavy atom. The summed E-state index contributed by atoms with van der Waals surface area (Å²) in [6, 6.07) is 19.6. The topological polar surface area (TPSA) is 74.5 Å². The van der Waals surface area contributed by atoms with Crippen molar-refractivity contribution >= 4 is 17.9 Å². The summed E-state index contributed by atoms with van der Waals surface area (Å²) < 4.78 is 24.0. The summed E-state index contributed by atoms with van der Waals surface area (Å²) in [5.41, 5.74) is 3.38. The molecule has 2 aromatic carbocycles. The molecule has 3 aromatic rings. The van der Waals surface area contributed by atoms with Gasteiger partial charge >= 0.3 is 0 Å². The molecule has 0 fully saturated rings. The third kappa shape index (κ3) is 6.48. The number of benzene rings is 2. The van der Waals surface area contributed by atoms with E-state index >= 15 is 0 Å². The third-order valence-electron chi connectivity index (χ3n) is 6.80. The number of hydrogen-bond acceptors (Lipinski definition) is 7. The summed E-state index contributed by atoms with van der Waals surface area (Å²) in [4.78, 5) is 14.3. The van der Waals surface area contributed by atoms with Gasteiger partial charge in [-0.05, 0) is 47.2 Å². The molecule has 39 heavy (non-hydrogen) atoms. The van der Waals surface area contributed by atoms with Crippen LogP contribution in [0.5, 0.6) is 17.2 Å². The Balaban J connectivity index is 1.34. The molecular formula is C32H35N3O4. The minimum atomic E-state index is 0.104. The molecule has 0 N–H and O–H groups in total. The van der Waals surface area contributed by atoms with Gasteiger partial charge in [0.05, 0.1) is 12.1 Å². The van der Waals surface area contributed by atoms with Crippen LogP contribution >= 0.6 is 0 Å². The molecule has 0 unspecified atom stereocenters. The number of aromatic nitrogens is 1. The SMILES string of the molecule is C=Cc1ccc(COc2ccc(Oc3cc(C4=N[C@@H](C(C)C)CO4)nc(C4=N[C@@H](C(C)C)CO4)c3)cc2)cc1. The van der Waals surface area contributed by atoms with Crippen molar-refractivity contribution in [2.75, 3.05) is 13.2 Å². The van der Waals surface area contributed by atoms with E-state index in [1.165, 1.54) is 0 Å². The van der Waals surface area contributed by atoms with Crippen molar-refractivity contribution in [2.24, 2.45) is 21.8 Å². The van der Waals surface area contributed by atoms with E-state index in [4.69, 9.17) is 33.9 Å². The summed E-state index contributed by atoms with van der Waals surface area (Å²) in [7, 11) is 0. The highest BCUT2D eigenvalue weighted by atomic mass is 16.5. The van der Waals surface area contributed by atoms with Crippen molar-refractivity contribution in [1.82, 2.24) is 4.98 Å². The fourth-order valence-corrected chi connectivity index (χ4v) is 4.18. The van der Waals surface area contributed by atoms with E-state index in [1.807, 2.05) is 66.7 Å². The molecule has 0 amide bonds. The maximum Gasteiger partial charge on any atom is 0.235 e. The third-order valence-corrected chi connectivity index (χ3v) is 6.80. The Morgan fingerprint density at radius 1 is 0.795 bits per heavy atom. The summed E-state index contributed by atoms with van der Waals surface area (Å²) in [5, 5.41) is 0. The molecule has 1 aromatic heterocycles. The van der Waals surface area contributed by atoms with E-state index < -0.39 is 0 Å². The van der Waals surface area contributed by atoms with Crippen molar-refractivity contribution in [3.63, 3.8) is 0 Å². The molecule has 0 saturated heterocycles. The molecule has 7 heteroatoms. The predicted octanol–water partition coefficient (Wildman–Crippen LogP) is 6.70. The maximum atomic E-state index is 6.24. The van der Waals surface area contributed by atoms with Crippen LogP contribution in [-0.4, -0.2) is 42.1 Å². The molecule has 202 valence electrons. The van der Waals surface area contributed by atoms with Gasteiger partial charge in [-0.15, -0.1) is 0 Å². The number of rotatable bonds is 10. The molecule has 7 nitrogen and oxygen atoms in total. The van der Waals surface area contributed by atoms with E-state index in [0.717, 1.165) is 16.9 Å². The molecule has 0 spiro atoms. The van der Waals surface area contributed by atoms with Crippen LogP contribution < -0.4 is 9.47 Å². The normalized spacial score (nSPS) is 18.4. The minimum absolute atomic E-state index is 0.104. The van der Waals surface area contributed by atoms with Gasteiger partial charge in [0.2, 0.25) is 11.8 Å². The fraction of sp³-hybridized carbons (Fsp3) is 0.344. The Kier molecular flexibility index (Phi) is 7.96. The largest absolute Gasteiger partial charge is 0.489 e. The Morgan fingerprint density at radius 2 is 1.33 bits per heavy atom. The first kappa shape index (κ1) is 26.5. The second-order valence-corrected chi connectivity index (χ2v) is 10.5. The predicted molar refractivity (Wildman–Crippen MR) is 154 cm³/mol. The lowest BCUT2D eigenvalue weighted by atomic mass is 10.1. The fourth-order valence-electron chi connectivity index (χ4n) is 4.18. The van der Waals surface area contributed by atoms with Gasteiger partial charge in [0, 0.05) is 12.1 Å². The van der Waals surface area contributed by atoms with Crippen molar-refractivity contribution < 1.29 is 18.9 Å². The standard InChI is InChI=1S/C32H35N3O4/c1-6-22-7-9-23(10-8-22)17-36-24-11-13-25(14-12-24)39-26-15-27(31-34-29(18-37-31)20(2)3)33-28(16-26)32-35-30(19-38-32)21(4)5/h6-16,20-21,29-30H,1,17-19H2,2-5H3/t29-,30-/m1/s1. The number of nitrogens with zero attached hydrogens (tertiary/aromatic N) is 3. The minimum Gasteiger partial charge on any atom is -0.489 e. The zero-order valence-corrected chi connectivity index (χ0v) is 23.0. The second-order valence-electron chi connectivity index (χ2n) is 10.5. The van der Waals surface area contributed by atoms with E-state index in [1.54, 1.807) is 0 Å². The molecule has 0 aliphatic carbocycles. The molecule has 2 aliphatic rings. The van der Waals surface area contributed by atoms with Crippen LogP contribution in [0.2, 0.25) is 0 Å². The molecule has 3 heterocycles. The average molecular weight is 526 g/mol. The van der Waals surface area contributed by atoms with Crippen LogP contribution in [0.4, 0.5) is 0 Å². The first-order valence-corrected chi connectivity index (χ1v) is 13.4. The summed E-state index contributed by atoms with van der Waals surface area (Å²) >= 11 is 0. The van der Waals surface area contributed by atoms with Crippen molar-refractivity contribution in [3.05, 3.63) is 89.8 Å². The molecule has 0 radical (unpaired) electrons. The molecule has 0 saturated carbocycles. The van der Waals surface area contributed by atoms with Gasteiger partial charge in [0.1, 0.15) is 48.5 Å². The number of aliphatic imine (C=N–C) groups is 2. The van der Waals surface area contributed by atoms with E-state index in [2.05, 4.69) is 34.3 Å². The highest BCUT2D eigenvalue weighted by Crippen LogP contribution is 2.28. The lowest BCUT2D eigenvalue weighted by Gasteiger charge is -2.11. The molecule has 2 atom stereocenters. The summed E-state index contributed by atoms with van der Waals surface area (Å²) in [6.45, 7) is 13.9. The van der Waals surface area contributed by atoms with Gasteiger partial charge < -0.3 is 18.9 Å². The zero-order chi connectivity index (χ0) is 27.4. The van der Waals surface area contributed by atoms with Gasteiger partial charge in [0.25, 0.3) is 0 Å². The summed E-state index contributed by atoms with van der Waals surface area (Å²) in [6.07, 6.45) is 1.82. The zero-order valence-electron chi connectivity index (χ0n) is 23.0. The van der Waals surface area contributed by atoms with Gasteiger partial charge in [-0.25, -0.2) is 15.0 Å². The molecule has 2 aliphatic heterocycles. The molecule has 5 rings (SSSR count). The van der Waals surface area contributed by atoms with Gasteiger partial charge in [-0.1, -0.05) is 64.6 Å². The summed E-state index contributed by atoms with van der Waals surface area (Å²) in [5.74, 6) is 3.82. The van der Waals surface area contributed by atoms with Gasteiger partial charge in [-0.2, -0.15) is 0 Å². The van der Waals surface area contributed by atoms with E-state index in [0.29, 0.717) is 66.3 Å². The lowest BCUT2D eigenvalue weighted by molar-refractivity contribution is 0.290. The number of hydrogen-bond donors (Lipinski definition) is 0. The smallest absolute Gasteiger partial charge is 0.235 e. The van der Waals surface area contributed by atoms with Crippen LogP contribution in [0.1, 0.15) is 50.2 Å². The van der Waals surface area contributed by atoms with Crippen LogP contribution in [0.3, 0.4) is 0 Å². The van der Waals surface area contributed by atoms with Gasteiger partial charge in [0.15, 0.2) is 0 Å². The number of pyridine rings is 1. The van der Waals surface area contributed by atoms with Crippen LogP contribution in [0, 0.1) is 11.8 Å². The molecular weight excluding hydrogens is 490 g/mol. The highest BCUT2D eigenvalue weighted by molar-refractivity contribution is 5.98. The van der Waals surface area contributed by atoms with Crippen LogP contribution in [-0.2, 0) is 16.1 Å². The first-order valence-electron chi connectivity index (χ1n) is 13.4. The average Bonchev–Trinajstić information content (AvgIpc) is 3.64. The Hall–Kier alpha value is -4.13. The monoisotopic (exact) mass is 525 g/mol. The highest BCUT2D eigenvalue weighted by Gasteiger charge is 2.27. The number of ether oxygens (including phenoxy) is 4. The Bertz CT molecular complexity index is 1310. The first-order chi connectivity index (χ1) is 18.9. The van der Waals surface area contributed by atoms with E-state index in [-0.39, 0.29) is 12.1 Å². The second kappa shape index (κ2) is 11.7. The van der Waals surface area contributed by atoms with Crippen LogP contribution in [0.25, 0.3) is 6.08 Å². The lowest BCUT2D eigenvalue weighted by Crippen LogP contribution is -2.13. The Labute approximate surface area is 230 Å². The van der Waals surface area contributed by atoms with Crippen molar-refractivity contribution in [2.45, 2.75) is 46.4 Å². The quantitative estimate of drug-likeness (QED) is 0.294. The van der Waals surface area contributed by atoms with Crippen molar-refractivity contribution in [1.29, 1.82) is 0 Å². The van der Waals surface area contributed by atoms with E-state index in [9.17, 15) is 0 Å². The van der Waals surface area contributed by atoms with Crippen molar-refractivity contribution in [3.8, 4) is 17.2 Å². The maximum absolute atomic E-state index is 6.24. The van der Waals surface area contributed by atoms with Crippen LogP contribution in [0.15, 0.2) is 77.2 Å².